The molecule has 0 N–H and O–H groups in total. The molecule has 0 spiro atoms. The third kappa shape index (κ3) is 6.50. The van der Waals surface area contributed by atoms with Crippen LogP contribution in [0.25, 0.3) is 32.7 Å². The Bertz CT molecular complexity index is 1110. The van der Waals surface area contributed by atoms with Crippen LogP contribution in [0.5, 0.6) is 0 Å². The molecular weight excluding hydrogens is 498 g/mol. The van der Waals surface area contributed by atoms with Gasteiger partial charge in [-0.15, -0.1) is 28.5 Å². The second-order valence-corrected chi connectivity index (χ2v) is 12.3. The van der Waals surface area contributed by atoms with Gasteiger partial charge in [-0.1, -0.05) is 100 Å². The van der Waals surface area contributed by atoms with Crippen LogP contribution in [0.1, 0.15) is 63.5 Å². The number of benzene rings is 3. The molecule has 0 saturated heterocycles. The zero-order valence-corrected chi connectivity index (χ0v) is 22.7. The Hall–Kier alpha value is -1.01. The first-order valence-corrected chi connectivity index (χ1v) is 17.6. The SMILES string of the molecule is CCCCCCc1cc2c(-c3ccc4ccccc4c3)cc(C(C)C)cc2[cH-]1.[Cl][Zr][Cl]. The topological polar surface area (TPSA) is 0 Å². The summed E-state index contributed by atoms with van der Waals surface area (Å²) in [7, 11) is 9.87. The fourth-order valence-electron chi connectivity index (χ4n) is 4.24. The molecule has 0 nitrogen and oxygen atoms in total. The van der Waals surface area contributed by atoms with Gasteiger partial charge in [0.25, 0.3) is 0 Å². The first kappa shape index (κ1) is 24.6. The van der Waals surface area contributed by atoms with Crippen LogP contribution in [-0.4, -0.2) is 0 Å². The molecule has 0 bridgehead atoms. The molecule has 0 aliphatic rings. The molecule has 0 fully saturated rings. The quantitative estimate of drug-likeness (QED) is 0.165. The third-order valence-corrected chi connectivity index (χ3v) is 5.95. The molecule has 0 amide bonds. The molecule has 4 rings (SSSR count). The van der Waals surface area contributed by atoms with Gasteiger partial charge in [-0.3, -0.25) is 0 Å². The van der Waals surface area contributed by atoms with Crippen molar-refractivity contribution in [2.45, 2.75) is 58.8 Å². The van der Waals surface area contributed by atoms with E-state index >= 15 is 0 Å². The van der Waals surface area contributed by atoms with Gasteiger partial charge in [-0.2, -0.15) is 6.07 Å². The van der Waals surface area contributed by atoms with Crippen molar-refractivity contribution in [3.05, 3.63) is 77.9 Å². The van der Waals surface area contributed by atoms with Crippen molar-refractivity contribution >= 4 is 38.6 Å². The molecule has 0 saturated carbocycles. The summed E-state index contributed by atoms with van der Waals surface area (Å²) in [5, 5.41) is 5.43. The van der Waals surface area contributed by atoms with Gasteiger partial charge in [0, 0.05) is 0 Å². The monoisotopic (exact) mass is 527 g/mol. The molecule has 0 radical (unpaired) electrons. The molecule has 0 aliphatic carbocycles. The fraction of sp³-hybridized carbons (Fsp3) is 0.321. The summed E-state index contributed by atoms with van der Waals surface area (Å²) >= 11 is -0.826. The van der Waals surface area contributed by atoms with E-state index in [0.29, 0.717) is 5.92 Å². The number of unbranched alkanes of at least 4 members (excludes halogenated alkanes) is 3. The molecule has 4 aromatic rings. The first-order valence-electron chi connectivity index (χ1n) is 11.3. The summed E-state index contributed by atoms with van der Waals surface area (Å²) in [6.45, 7) is 6.86. The number of halogens is 2. The molecule has 162 valence electrons. The molecule has 0 aliphatic heterocycles. The van der Waals surface area contributed by atoms with E-state index in [4.69, 9.17) is 17.0 Å². The van der Waals surface area contributed by atoms with E-state index in [-0.39, 0.29) is 0 Å². The van der Waals surface area contributed by atoms with Gasteiger partial charge < -0.3 is 0 Å². The molecule has 0 heterocycles. The Morgan fingerprint density at radius 2 is 1.61 bits per heavy atom. The van der Waals surface area contributed by atoms with E-state index < -0.39 is 20.8 Å². The summed E-state index contributed by atoms with van der Waals surface area (Å²) in [6.07, 6.45) is 6.48. The number of hydrogen-bond donors (Lipinski definition) is 0. The average molecular weight is 530 g/mol. The minimum absolute atomic E-state index is 0.534. The zero-order chi connectivity index (χ0) is 22.2. The number of fused-ring (bicyclic) bond motifs is 2. The summed E-state index contributed by atoms with van der Waals surface area (Å²) < 4.78 is 0. The molecule has 0 unspecified atom stereocenters. The predicted octanol–water partition coefficient (Wildman–Crippen LogP) is 10.0. The number of aryl methyl sites for hydroxylation is 1. The van der Waals surface area contributed by atoms with Crippen molar-refractivity contribution < 1.29 is 20.8 Å². The van der Waals surface area contributed by atoms with Gasteiger partial charge in [0.05, 0.1) is 0 Å². The van der Waals surface area contributed by atoms with Gasteiger partial charge in [0.1, 0.15) is 0 Å². The van der Waals surface area contributed by atoms with Crippen LogP contribution in [-0.2, 0) is 27.3 Å². The van der Waals surface area contributed by atoms with Crippen LogP contribution in [0.4, 0.5) is 0 Å². The second kappa shape index (κ2) is 12.3. The maximum atomic E-state index is 4.93. The van der Waals surface area contributed by atoms with Crippen molar-refractivity contribution in [2.24, 2.45) is 0 Å². The Balaban J connectivity index is 0.000000858. The Morgan fingerprint density at radius 3 is 2.32 bits per heavy atom. The van der Waals surface area contributed by atoms with Crippen LogP contribution in [0.15, 0.2) is 66.7 Å². The molecule has 0 atom stereocenters. The van der Waals surface area contributed by atoms with Crippen LogP contribution >= 0.6 is 17.0 Å². The first-order chi connectivity index (χ1) is 15.1. The van der Waals surface area contributed by atoms with Gasteiger partial charge in [-0.25, -0.2) is 0 Å². The Morgan fingerprint density at radius 1 is 0.871 bits per heavy atom. The van der Waals surface area contributed by atoms with E-state index in [1.807, 2.05) is 0 Å². The molecule has 31 heavy (non-hydrogen) atoms. The summed E-state index contributed by atoms with van der Waals surface area (Å²) in [4.78, 5) is 0. The van der Waals surface area contributed by atoms with Gasteiger partial charge in [-0.05, 0) is 34.7 Å². The molecular formula is C28H31Cl2Zr-. The molecule has 3 heteroatoms. The third-order valence-electron chi connectivity index (χ3n) is 5.95. The van der Waals surface area contributed by atoms with Crippen molar-refractivity contribution in [1.82, 2.24) is 0 Å². The van der Waals surface area contributed by atoms with E-state index in [9.17, 15) is 0 Å². The van der Waals surface area contributed by atoms with Crippen LogP contribution in [0.2, 0.25) is 0 Å². The fourth-order valence-corrected chi connectivity index (χ4v) is 4.24. The van der Waals surface area contributed by atoms with Gasteiger partial charge >= 0.3 is 37.9 Å². The average Bonchev–Trinajstić information content (AvgIpc) is 3.19. The van der Waals surface area contributed by atoms with E-state index in [1.165, 1.54) is 75.9 Å². The number of hydrogen-bond acceptors (Lipinski definition) is 0. The molecule has 0 aromatic heterocycles. The summed E-state index contributed by atoms with van der Waals surface area (Å²) in [5.74, 6) is 0.534. The Labute approximate surface area is 206 Å². The van der Waals surface area contributed by atoms with Crippen molar-refractivity contribution in [2.75, 3.05) is 0 Å². The summed E-state index contributed by atoms with van der Waals surface area (Å²) in [6, 6.07) is 25.2. The van der Waals surface area contributed by atoms with Gasteiger partial charge in [0.15, 0.2) is 0 Å². The van der Waals surface area contributed by atoms with Crippen molar-refractivity contribution in [3.63, 3.8) is 0 Å². The standard InChI is InChI=1S/C28H31.2ClH.Zr/c1-4-5-6-7-10-21-15-26-18-25(20(2)3)19-28(27(26)16-21)24-14-13-22-11-8-9-12-23(22)17-24;;;/h8-9,11-20H,4-7,10H2,1-3H3;2*1H;/q-1;;;+2/p-2. The zero-order valence-electron chi connectivity index (χ0n) is 18.7. The van der Waals surface area contributed by atoms with E-state index in [0.717, 1.165) is 0 Å². The second-order valence-electron chi connectivity index (χ2n) is 8.53. The normalized spacial score (nSPS) is 11.0. The minimum atomic E-state index is -0.826. The Kier molecular flexibility index (Phi) is 9.77. The number of rotatable bonds is 7. The van der Waals surface area contributed by atoms with Gasteiger partial charge in [0.2, 0.25) is 0 Å². The van der Waals surface area contributed by atoms with Crippen LogP contribution < -0.4 is 0 Å². The maximum absolute atomic E-state index is 4.93. The van der Waals surface area contributed by atoms with E-state index in [1.54, 1.807) is 0 Å². The van der Waals surface area contributed by atoms with E-state index in [2.05, 4.69) is 87.5 Å². The van der Waals surface area contributed by atoms with Crippen molar-refractivity contribution in [1.29, 1.82) is 0 Å². The van der Waals surface area contributed by atoms with Crippen molar-refractivity contribution in [3.8, 4) is 11.1 Å². The summed E-state index contributed by atoms with van der Waals surface area (Å²) in [5.41, 5.74) is 5.63. The molecule has 4 aromatic carbocycles. The predicted molar refractivity (Wildman–Crippen MR) is 136 cm³/mol. The van der Waals surface area contributed by atoms with Crippen LogP contribution in [0, 0.1) is 0 Å². The van der Waals surface area contributed by atoms with Crippen LogP contribution in [0.3, 0.4) is 0 Å².